The summed E-state index contributed by atoms with van der Waals surface area (Å²) in [5, 5.41) is 10.3. The fourth-order valence-electron chi connectivity index (χ4n) is 4.81. The van der Waals surface area contributed by atoms with E-state index in [1.54, 1.807) is 12.1 Å². The quantitative estimate of drug-likeness (QED) is 0.895. The highest BCUT2D eigenvalue weighted by molar-refractivity contribution is 5.82. The largest absolute Gasteiger partial charge is 0.481 e. The van der Waals surface area contributed by atoms with Gasteiger partial charge in [0.1, 0.15) is 5.82 Å². The van der Waals surface area contributed by atoms with Gasteiger partial charge in [0.25, 0.3) is 0 Å². The molecule has 2 aliphatic carbocycles. The predicted octanol–water partition coefficient (Wildman–Crippen LogP) is 4.37. The first kappa shape index (κ1) is 14.6. The minimum Gasteiger partial charge on any atom is -0.481 e. The first-order valence-corrected chi connectivity index (χ1v) is 8.40. The van der Waals surface area contributed by atoms with Crippen molar-refractivity contribution in [2.45, 2.75) is 38.0 Å². The second-order valence-corrected chi connectivity index (χ2v) is 7.02. The molecule has 4 rings (SSSR count). The number of rotatable bonds is 2. The Morgan fingerprint density at radius 1 is 1.13 bits per heavy atom. The maximum Gasteiger partial charge on any atom is 0.306 e. The van der Waals surface area contributed by atoms with Crippen LogP contribution in [0.3, 0.4) is 0 Å². The number of hydrogen-bond acceptors (Lipinski definition) is 2. The molecule has 1 aromatic heterocycles. The third kappa shape index (κ3) is 2.50. The van der Waals surface area contributed by atoms with Crippen molar-refractivity contribution in [2.75, 3.05) is 0 Å². The Morgan fingerprint density at radius 2 is 1.96 bits per heavy atom. The Hall–Kier alpha value is -1.97. The van der Waals surface area contributed by atoms with E-state index >= 15 is 0 Å². The highest BCUT2D eigenvalue weighted by atomic mass is 19.1. The summed E-state index contributed by atoms with van der Waals surface area (Å²) in [7, 11) is 0. The molecular formula is C19H20FNO2. The molecule has 23 heavy (non-hydrogen) atoms. The fraction of sp³-hybridized carbons (Fsp3) is 0.474. The Labute approximate surface area is 134 Å². The van der Waals surface area contributed by atoms with Gasteiger partial charge in [-0.25, -0.2) is 4.39 Å². The third-order valence-corrected chi connectivity index (χ3v) is 5.89. The maximum atomic E-state index is 13.7. The molecule has 2 fully saturated rings. The van der Waals surface area contributed by atoms with Gasteiger partial charge in [-0.1, -0.05) is 0 Å². The van der Waals surface area contributed by atoms with Crippen molar-refractivity contribution < 1.29 is 14.3 Å². The summed E-state index contributed by atoms with van der Waals surface area (Å²) < 4.78 is 13.7. The molecule has 0 amide bonds. The SMILES string of the molecule is O=C(O)C1CCC2CC1CCC2c1ccnc2ccc(F)cc12. The van der Waals surface area contributed by atoms with Crippen molar-refractivity contribution >= 4 is 16.9 Å². The number of pyridine rings is 1. The number of nitrogens with zero attached hydrogens (tertiary/aromatic N) is 1. The van der Waals surface area contributed by atoms with Crippen molar-refractivity contribution in [1.29, 1.82) is 0 Å². The number of carboxylic acid groups (broad SMARTS) is 1. The van der Waals surface area contributed by atoms with Crippen molar-refractivity contribution in [2.24, 2.45) is 17.8 Å². The predicted molar refractivity (Wildman–Crippen MR) is 85.6 cm³/mol. The van der Waals surface area contributed by atoms with Crippen LogP contribution in [0.4, 0.5) is 4.39 Å². The number of benzene rings is 1. The maximum absolute atomic E-state index is 13.7. The average molecular weight is 313 g/mol. The van der Waals surface area contributed by atoms with Gasteiger partial charge in [-0.3, -0.25) is 9.78 Å². The third-order valence-electron chi connectivity index (χ3n) is 5.89. The van der Waals surface area contributed by atoms with Crippen LogP contribution in [-0.4, -0.2) is 16.1 Å². The van der Waals surface area contributed by atoms with Gasteiger partial charge >= 0.3 is 5.97 Å². The van der Waals surface area contributed by atoms with Gasteiger partial charge in [0.05, 0.1) is 11.4 Å². The highest BCUT2D eigenvalue weighted by Crippen LogP contribution is 2.50. The summed E-state index contributed by atoms with van der Waals surface area (Å²) in [6.07, 6.45) is 6.48. The zero-order chi connectivity index (χ0) is 16.0. The number of carboxylic acids is 1. The lowest BCUT2D eigenvalue weighted by molar-refractivity contribution is -0.146. The molecule has 4 heteroatoms. The average Bonchev–Trinajstić information content (AvgIpc) is 2.55. The smallest absolute Gasteiger partial charge is 0.306 e. The summed E-state index contributed by atoms with van der Waals surface area (Å²) in [5.74, 6) is 0.191. The molecule has 0 spiro atoms. The van der Waals surface area contributed by atoms with E-state index in [0.717, 1.165) is 43.0 Å². The van der Waals surface area contributed by atoms with E-state index in [9.17, 15) is 14.3 Å². The number of carbonyl (C=O) groups is 1. The molecule has 3 nitrogen and oxygen atoms in total. The summed E-state index contributed by atoms with van der Waals surface area (Å²) >= 11 is 0. The minimum atomic E-state index is -0.636. The Balaban J connectivity index is 1.68. The minimum absolute atomic E-state index is 0.168. The van der Waals surface area contributed by atoms with Crippen LogP contribution >= 0.6 is 0 Å². The zero-order valence-electron chi connectivity index (χ0n) is 12.9. The van der Waals surface area contributed by atoms with E-state index in [0.29, 0.717) is 17.8 Å². The van der Waals surface area contributed by atoms with Crippen LogP contribution in [0.15, 0.2) is 30.5 Å². The molecular weight excluding hydrogens is 293 g/mol. The molecule has 2 aromatic rings. The summed E-state index contributed by atoms with van der Waals surface area (Å²) in [5.41, 5.74) is 2.02. The second-order valence-electron chi connectivity index (χ2n) is 7.02. The molecule has 4 atom stereocenters. The lowest BCUT2D eigenvalue weighted by atomic mass is 9.61. The standard InChI is InChI=1S/C19H20FNO2/c20-13-3-6-18-17(10-13)16(7-8-21-18)14-4-1-12-9-11(14)2-5-15(12)19(22)23/h3,6-8,10-12,14-15H,1-2,4-5,9H2,(H,22,23). The van der Waals surface area contributed by atoms with E-state index in [1.807, 2.05) is 12.3 Å². The summed E-state index contributed by atoms with van der Waals surface area (Å²) in [4.78, 5) is 15.7. The van der Waals surface area contributed by atoms with Gasteiger partial charge < -0.3 is 5.11 Å². The van der Waals surface area contributed by atoms with E-state index in [4.69, 9.17) is 0 Å². The molecule has 1 aromatic carbocycles. The van der Waals surface area contributed by atoms with Crippen molar-refractivity contribution in [3.8, 4) is 0 Å². The number of aliphatic carboxylic acids is 1. The molecule has 4 unspecified atom stereocenters. The lowest BCUT2D eigenvalue weighted by Crippen LogP contribution is -2.36. The highest BCUT2D eigenvalue weighted by Gasteiger charge is 2.42. The fourth-order valence-corrected chi connectivity index (χ4v) is 4.81. The van der Waals surface area contributed by atoms with Gasteiger partial charge in [-0.15, -0.1) is 0 Å². The molecule has 0 radical (unpaired) electrons. The Morgan fingerprint density at radius 3 is 2.78 bits per heavy atom. The Kier molecular flexibility index (Phi) is 3.55. The van der Waals surface area contributed by atoms with Gasteiger partial charge in [-0.2, -0.15) is 0 Å². The van der Waals surface area contributed by atoms with Crippen molar-refractivity contribution in [3.63, 3.8) is 0 Å². The number of fused-ring (bicyclic) bond motifs is 3. The number of aromatic nitrogens is 1. The number of hydrogen-bond donors (Lipinski definition) is 1. The molecule has 2 aliphatic rings. The molecule has 1 N–H and O–H groups in total. The molecule has 120 valence electrons. The van der Waals surface area contributed by atoms with Crippen LogP contribution in [0.2, 0.25) is 0 Å². The van der Waals surface area contributed by atoms with Crippen LogP contribution in [0, 0.1) is 23.6 Å². The van der Waals surface area contributed by atoms with Gasteiger partial charge in [-0.05, 0) is 79.7 Å². The number of halogens is 1. The van der Waals surface area contributed by atoms with E-state index in [1.165, 1.54) is 11.6 Å². The lowest BCUT2D eigenvalue weighted by Gasteiger charge is -2.43. The Bertz CT molecular complexity index is 760. The van der Waals surface area contributed by atoms with Gasteiger partial charge in [0.15, 0.2) is 0 Å². The first-order valence-electron chi connectivity index (χ1n) is 8.40. The molecule has 2 saturated carbocycles. The topological polar surface area (TPSA) is 50.2 Å². The zero-order valence-corrected chi connectivity index (χ0v) is 12.9. The van der Waals surface area contributed by atoms with Crippen LogP contribution in [0.25, 0.3) is 10.9 Å². The van der Waals surface area contributed by atoms with E-state index in [-0.39, 0.29) is 11.7 Å². The molecule has 1 heterocycles. The van der Waals surface area contributed by atoms with E-state index in [2.05, 4.69) is 4.98 Å². The van der Waals surface area contributed by atoms with Crippen LogP contribution in [-0.2, 0) is 4.79 Å². The van der Waals surface area contributed by atoms with Crippen LogP contribution in [0.1, 0.15) is 43.6 Å². The van der Waals surface area contributed by atoms with Gasteiger partial charge in [0.2, 0.25) is 0 Å². The van der Waals surface area contributed by atoms with Crippen LogP contribution in [0.5, 0.6) is 0 Å². The van der Waals surface area contributed by atoms with Crippen molar-refractivity contribution in [1.82, 2.24) is 4.98 Å². The van der Waals surface area contributed by atoms with E-state index < -0.39 is 5.97 Å². The molecule has 0 saturated heterocycles. The van der Waals surface area contributed by atoms with Crippen LogP contribution < -0.4 is 0 Å². The summed E-state index contributed by atoms with van der Waals surface area (Å²) in [6.45, 7) is 0. The van der Waals surface area contributed by atoms with Gasteiger partial charge in [0, 0.05) is 11.6 Å². The summed E-state index contributed by atoms with van der Waals surface area (Å²) in [6, 6.07) is 6.80. The van der Waals surface area contributed by atoms with Crippen molar-refractivity contribution in [3.05, 3.63) is 41.8 Å². The second kappa shape index (κ2) is 5.59. The first-order chi connectivity index (χ1) is 11.1. The molecule has 0 aliphatic heterocycles. The normalized spacial score (nSPS) is 30.3. The monoisotopic (exact) mass is 313 g/mol. The molecule has 2 bridgehead atoms.